The number of nitrogens with one attached hydrogen (secondary N) is 1. The third-order valence-electron chi connectivity index (χ3n) is 3.41. The molecule has 0 spiro atoms. The van der Waals surface area contributed by atoms with E-state index in [-0.39, 0.29) is 5.91 Å². The molecule has 0 saturated carbocycles. The topological polar surface area (TPSA) is 84.2 Å². The summed E-state index contributed by atoms with van der Waals surface area (Å²) in [4.78, 5) is 22.4. The van der Waals surface area contributed by atoms with Crippen molar-refractivity contribution in [3.8, 4) is 0 Å². The molecule has 0 atom stereocenters. The Morgan fingerprint density at radius 1 is 1.55 bits per heavy atom. The first-order valence-corrected chi connectivity index (χ1v) is 7.98. The molecule has 7 nitrogen and oxygen atoms in total. The molecule has 0 aliphatic carbocycles. The first-order valence-electron chi connectivity index (χ1n) is 7.10. The number of carbonyl (C=O) groups excluding carboxylic acids is 1. The number of aryl methyl sites for hydroxylation is 1. The monoisotopic (exact) mass is 319 g/mol. The van der Waals surface area contributed by atoms with Crippen LogP contribution in [-0.2, 0) is 11.2 Å². The van der Waals surface area contributed by atoms with Crippen molar-refractivity contribution in [2.75, 3.05) is 25.5 Å². The van der Waals surface area contributed by atoms with Gasteiger partial charge in [0, 0.05) is 37.5 Å². The summed E-state index contributed by atoms with van der Waals surface area (Å²) in [5.41, 5.74) is 1.11. The molecule has 3 rings (SSSR count). The fourth-order valence-corrected chi connectivity index (χ4v) is 2.69. The summed E-state index contributed by atoms with van der Waals surface area (Å²) in [7, 11) is 2.08. The Morgan fingerprint density at radius 2 is 2.45 bits per heavy atom. The van der Waals surface area contributed by atoms with E-state index in [9.17, 15) is 4.79 Å². The van der Waals surface area contributed by atoms with Gasteiger partial charge < -0.3 is 14.7 Å². The average Bonchev–Trinajstić information content (AvgIpc) is 3.17. The molecule has 0 fully saturated rings. The zero-order valence-corrected chi connectivity index (χ0v) is 13.1. The lowest BCUT2D eigenvalue weighted by Gasteiger charge is -2.19. The minimum Gasteiger partial charge on any atom is -0.339 e. The van der Waals surface area contributed by atoms with Crippen molar-refractivity contribution in [2.24, 2.45) is 0 Å². The van der Waals surface area contributed by atoms with Crippen molar-refractivity contribution in [3.05, 3.63) is 29.4 Å². The van der Waals surface area contributed by atoms with E-state index < -0.39 is 0 Å². The number of amides is 1. The Labute approximate surface area is 132 Å². The van der Waals surface area contributed by atoms with Gasteiger partial charge in [-0.25, -0.2) is 4.98 Å². The normalized spacial score (nSPS) is 15.6. The largest absolute Gasteiger partial charge is 0.339 e. The maximum Gasteiger partial charge on any atom is 0.227 e. The standard InChI is InChI=1S/C14H17N5O2S/c1-19-7-4-10(5-8-19)13-17-12(21-18-13)3-2-11(20)16-14-15-6-9-22-14/h4,6,9H,2-3,5,7-8H2,1H3,(H,15,16,20). The average molecular weight is 319 g/mol. The van der Waals surface area contributed by atoms with Crippen LogP contribution >= 0.6 is 11.3 Å². The van der Waals surface area contributed by atoms with Gasteiger partial charge in [0.2, 0.25) is 11.8 Å². The van der Waals surface area contributed by atoms with Crippen LogP contribution in [0.2, 0.25) is 0 Å². The lowest BCUT2D eigenvalue weighted by atomic mass is 10.1. The van der Waals surface area contributed by atoms with E-state index in [4.69, 9.17) is 4.52 Å². The molecule has 22 heavy (non-hydrogen) atoms. The molecule has 1 aliphatic rings. The first kappa shape index (κ1) is 14.9. The number of carbonyl (C=O) groups is 1. The molecule has 0 aromatic carbocycles. The maximum absolute atomic E-state index is 11.8. The van der Waals surface area contributed by atoms with Crippen LogP contribution in [0.15, 0.2) is 22.2 Å². The van der Waals surface area contributed by atoms with Crippen molar-refractivity contribution in [2.45, 2.75) is 19.3 Å². The summed E-state index contributed by atoms with van der Waals surface area (Å²) in [6.07, 6.45) is 5.41. The third kappa shape index (κ3) is 3.77. The van der Waals surface area contributed by atoms with Crippen molar-refractivity contribution in [1.29, 1.82) is 0 Å². The molecular formula is C14H17N5O2S. The summed E-state index contributed by atoms with van der Waals surface area (Å²) >= 11 is 1.39. The Kier molecular flexibility index (Phi) is 4.59. The molecule has 1 amide bonds. The number of likely N-dealkylation sites (N-methyl/N-ethyl adjacent to an activating group) is 1. The number of anilines is 1. The van der Waals surface area contributed by atoms with E-state index in [0.717, 1.165) is 25.1 Å². The van der Waals surface area contributed by atoms with Crippen LogP contribution in [0.5, 0.6) is 0 Å². The minimum absolute atomic E-state index is 0.104. The van der Waals surface area contributed by atoms with Gasteiger partial charge in [-0.2, -0.15) is 4.98 Å². The van der Waals surface area contributed by atoms with Gasteiger partial charge in [0.15, 0.2) is 11.0 Å². The van der Waals surface area contributed by atoms with E-state index in [1.807, 2.05) is 5.38 Å². The van der Waals surface area contributed by atoms with Crippen LogP contribution in [0, 0.1) is 0 Å². The van der Waals surface area contributed by atoms with E-state index in [1.165, 1.54) is 11.3 Å². The maximum atomic E-state index is 11.8. The first-order chi connectivity index (χ1) is 10.7. The van der Waals surface area contributed by atoms with Crippen LogP contribution < -0.4 is 5.32 Å². The van der Waals surface area contributed by atoms with Crippen molar-refractivity contribution in [3.63, 3.8) is 0 Å². The number of hydrogen-bond donors (Lipinski definition) is 1. The number of hydrogen-bond acceptors (Lipinski definition) is 7. The second-order valence-electron chi connectivity index (χ2n) is 5.14. The lowest BCUT2D eigenvalue weighted by Crippen LogP contribution is -2.23. The third-order valence-corrected chi connectivity index (χ3v) is 4.10. The molecular weight excluding hydrogens is 302 g/mol. The molecule has 0 radical (unpaired) electrons. The molecule has 0 unspecified atom stereocenters. The van der Waals surface area contributed by atoms with E-state index in [0.29, 0.717) is 29.7 Å². The molecule has 0 saturated heterocycles. The summed E-state index contributed by atoms with van der Waals surface area (Å²) in [5.74, 6) is 1.03. The summed E-state index contributed by atoms with van der Waals surface area (Å²) in [6.45, 7) is 1.89. The van der Waals surface area contributed by atoms with E-state index >= 15 is 0 Å². The second-order valence-corrected chi connectivity index (χ2v) is 6.03. The van der Waals surface area contributed by atoms with Gasteiger partial charge in [0.25, 0.3) is 0 Å². The molecule has 1 N–H and O–H groups in total. The highest BCUT2D eigenvalue weighted by Crippen LogP contribution is 2.19. The second kappa shape index (κ2) is 6.80. The Morgan fingerprint density at radius 3 is 3.18 bits per heavy atom. The molecule has 0 bridgehead atoms. The van der Waals surface area contributed by atoms with Crippen LogP contribution in [0.1, 0.15) is 24.6 Å². The molecule has 116 valence electrons. The number of thiazole rings is 1. The molecule has 8 heteroatoms. The Bertz CT molecular complexity index is 665. The Hall–Kier alpha value is -2.06. The SMILES string of the molecule is CN1CC=C(c2noc(CCC(=O)Nc3nccs3)n2)CC1. The molecule has 1 aliphatic heterocycles. The lowest BCUT2D eigenvalue weighted by molar-refractivity contribution is -0.116. The quantitative estimate of drug-likeness (QED) is 0.905. The highest BCUT2D eigenvalue weighted by atomic mass is 32.1. The van der Waals surface area contributed by atoms with Crippen LogP contribution in [-0.4, -0.2) is 46.1 Å². The number of aromatic nitrogens is 3. The zero-order chi connectivity index (χ0) is 15.4. The number of rotatable bonds is 5. The van der Waals surface area contributed by atoms with Gasteiger partial charge in [-0.1, -0.05) is 11.2 Å². The zero-order valence-electron chi connectivity index (χ0n) is 12.3. The van der Waals surface area contributed by atoms with Crippen LogP contribution in [0.4, 0.5) is 5.13 Å². The van der Waals surface area contributed by atoms with E-state index in [1.54, 1.807) is 6.20 Å². The van der Waals surface area contributed by atoms with Crippen LogP contribution in [0.25, 0.3) is 5.57 Å². The van der Waals surface area contributed by atoms with Gasteiger partial charge >= 0.3 is 0 Å². The Balaban J connectivity index is 1.52. The van der Waals surface area contributed by atoms with Crippen molar-refractivity contribution in [1.82, 2.24) is 20.0 Å². The smallest absolute Gasteiger partial charge is 0.227 e. The molecule has 2 aromatic heterocycles. The van der Waals surface area contributed by atoms with Crippen molar-refractivity contribution >= 4 is 27.9 Å². The molecule has 2 aromatic rings. The fraction of sp³-hybridized carbons (Fsp3) is 0.429. The van der Waals surface area contributed by atoms with Crippen LogP contribution in [0.3, 0.4) is 0 Å². The molecule has 3 heterocycles. The minimum atomic E-state index is -0.104. The highest BCUT2D eigenvalue weighted by Gasteiger charge is 2.16. The van der Waals surface area contributed by atoms with Gasteiger partial charge in [-0.05, 0) is 19.0 Å². The predicted octanol–water partition coefficient (Wildman–Crippen LogP) is 1.82. The van der Waals surface area contributed by atoms with Crippen molar-refractivity contribution < 1.29 is 9.32 Å². The summed E-state index contributed by atoms with van der Waals surface area (Å²) in [6, 6.07) is 0. The predicted molar refractivity (Wildman–Crippen MR) is 83.5 cm³/mol. The van der Waals surface area contributed by atoms with Gasteiger partial charge in [0.1, 0.15) is 0 Å². The fourth-order valence-electron chi connectivity index (χ4n) is 2.15. The van der Waals surface area contributed by atoms with Gasteiger partial charge in [0.05, 0.1) is 0 Å². The van der Waals surface area contributed by atoms with E-state index in [2.05, 4.69) is 38.5 Å². The summed E-state index contributed by atoms with van der Waals surface area (Å²) in [5, 5.41) is 9.15. The number of nitrogens with zero attached hydrogens (tertiary/aromatic N) is 4. The van der Waals surface area contributed by atoms with Gasteiger partial charge in [-0.3, -0.25) is 4.79 Å². The van der Waals surface area contributed by atoms with Gasteiger partial charge in [-0.15, -0.1) is 11.3 Å². The summed E-state index contributed by atoms with van der Waals surface area (Å²) < 4.78 is 5.22. The highest BCUT2D eigenvalue weighted by molar-refractivity contribution is 7.13.